The molecule has 0 radical (unpaired) electrons. The number of anilines is 1. The van der Waals surface area contributed by atoms with Gasteiger partial charge in [0.15, 0.2) is 11.5 Å². The Kier molecular flexibility index (Phi) is 9.30. The van der Waals surface area contributed by atoms with Crippen LogP contribution in [-0.4, -0.2) is 51.7 Å². The fourth-order valence-corrected chi connectivity index (χ4v) is 2.46. The van der Waals surface area contributed by atoms with E-state index in [2.05, 4.69) is 5.32 Å². The topological polar surface area (TPSA) is 86.3 Å². The van der Waals surface area contributed by atoms with Crippen molar-refractivity contribution in [3.8, 4) is 17.2 Å². The minimum atomic E-state index is -0.412. The first-order valence-electron chi connectivity index (χ1n) is 8.88. The molecule has 8 heteroatoms. The summed E-state index contributed by atoms with van der Waals surface area (Å²) in [5.41, 5.74) is 0.972. The Morgan fingerprint density at radius 3 is 2.38 bits per heavy atom. The normalized spacial score (nSPS) is 10.9. The van der Waals surface area contributed by atoms with Crippen LogP contribution in [0.1, 0.15) is 5.56 Å². The summed E-state index contributed by atoms with van der Waals surface area (Å²) in [5, 5.41) is 12.8. The summed E-state index contributed by atoms with van der Waals surface area (Å²) in [6.45, 7) is 1.63. The van der Waals surface area contributed by atoms with Crippen molar-refractivity contribution in [2.75, 3.05) is 46.0 Å². The van der Waals surface area contributed by atoms with Gasteiger partial charge in [0.1, 0.15) is 19.0 Å². The average Bonchev–Trinajstić information content (AvgIpc) is 2.71. The monoisotopic (exact) mass is 421 g/mol. The van der Waals surface area contributed by atoms with Crippen molar-refractivity contribution in [3.63, 3.8) is 0 Å². The molecule has 0 heterocycles. The van der Waals surface area contributed by atoms with Crippen LogP contribution in [0, 0.1) is 0 Å². The molecule has 0 aliphatic carbocycles. The lowest BCUT2D eigenvalue weighted by atomic mass is 10.2. The van der Waals surface area contributed by atoms with Gasteiger partial charge in [-0.2, -0.15) is 0 Å². The van der Waals surface area contributed by atoms with E-state index in [0.29, 0.717) is 42.9 Å². The van der Waals surface area contributed by atoms with Crippen LogP contribution >= 0.6 is 11.6 Å². The van der Waals surface area contributed by atoms with Crippen LogP contribution in [0.4, 0.5) is 5.69 Å². The van der Waals surface area contributed by atoms with E-state index in [1.54, 1.807) is 38.5 Å². The van der Waals surface area contributed by atoms with Crippen molar-refractivity contribution >= 4 is 29.3 Å². The third-order valence-electron chi connectivity index (χ3n) is 3.70. The quantitative estimate of drug-likeness (QED) is 0.326. The van der Waals surface area contributed by atoms with Crippen molar-refractivity contribution in [2.24, 2.45) is 0 Å². The molecule has 29 heavy (non-hydrogen) atoms. The Labute approximate surface area is 174 Å². The zero-order chi connectivity index (χ0) is 21.1. The molecule has 2 N–H and O–H groups in total. The number of hydrogen-bond donors (Lipinski definition) is 2. The number of amides is 1. The molecule has 0 saturated heterocycles. The summed E-state index contributed by atoms with van der Waals surface area (Å²) in [6.07, 6.45) is 2.97. The van der Waals surface area contributed by atoms with Gasteiger partial charge >= 0.3 is 0 Å². The summed E-state index contributed by atoms with van der Waals surface area (Å²) in [6, 6.07) is 9.73. The number of benzene rings is 2. The highest BCUT2D eigenvalue weighted by atomic mass is 35.5. The molecule has 0 aliphatic heterocycles. The zero-order valence-corrected chi connectivity index (χ0v) is 17.1. The number of halogens is 1. The van der Waals surface area contributed by atoms with Crippen LogP contribution in [0.25, 0.3) is 6.08 Å². The number of rotatable bonds is 11. The minimum absolute atomic E-state index is 0.0671. The SMILES string of the molecule is COCCOc1ccc(C=CC(=O)Nc2cc(Cl)ccc2O)cc1OCCOC. The molecule has 0 saturated carbocycles. The van der Waals surface area contributed by atoms with Crippen LogP contribution in [0.5, 0.6) is 17.2 Å². The molecule has 7 nitrogen and oxygen atoms in total. The molecule has 0 fully saturated rings. The predicted molar refractivity (Wildman–Crippen MR) is 112 cm³/mol. The summed E-state index contributed by atoms with van der Waals surface area (Å²) >= 11 is 5.88. The molecule has 0 unspecified atom stereocenters. The summed E-state index contributed by atoms with van der Waals surface area (Å²) < 4.78 is 21.4. The number of aromatic hydroxyl groups is 1. The lowest BCUT2D eigenvalue weighted by Gasteiger charge is -2.13. The van der Waals surface area contributed by atoms with E-state index >= 15 is 0 Å². The number of methoxy groups -OCH3 is 2. The summed E-state index contributed by atoms with van der Waals surface area (Å²) in [7, 11) is 3.19. The number of phenols is 1. The van der Waals surface area contributed by atoms with Crippen LogP contribution in [0.3, 0.4) is 0 Å². The Morgan fingerprint density at radius 1 is 1.00 bits per heavy atom. The second-order valence-electron chi connectivity index (χ2n) is 5.87. The van der Waals surface area contributed by atoms with Gasteiger partial charge in [0.25, 0.3) is 0 Å². The average molecular weight is 422 g/mol. The second-order valence-corrected chi connectivity index (χ2v) is 6.31. The smallest absolute Gasteiger partial charge is 0.248 e. The van der Waals surface area contributed by atoms with E-state index in [9.17, 15) is 9.90 Å². The number of ether oxygens (including phenoxy) is 4. The molecule has 0 aliphatic rings. The Hall–Kier alpha value is -2.74. The largest absolute Gasteiger partial charge is 0.506 e. The first-order valence-corrected chi connectivity index (χ1v) is 9.26. The lowest BCUT2D eigenvalue weighted by molar-refractivity contribution is -0.111. The van der Waals surface area contributed by atoms with Crippen molar-refractivity contribution < 1.29 is 28.8 Å². The van der Waals surface area contributed by atoms with Gasteiger partial charge in [-0.3, -0.25) is 4.79 Å². The number of phenolic OH excluding ortho intramolecular Hbond substituents is 1. The van der Waals surface area contributed by atoms with Gasteiger partial charge in [-0.05, 0) is 42.0 Å². The molecule has 0 atom stereocenters. The molecule has 156 valence electrons. The fraction of sp³-hybridized carbons (Fsp3) is 0.286. The van der Waals surface area contributed by atoms with Crippen molar-refractivity contribution in [3.05, 3.63) is 53.1 Å². The fourth-order valence-electron chi connectivity index (χ4n) is 2.28. The highest BCUT2D eigenvalue weighted by molar-refractivity contribution is 6.31. The number of carbonyl (C=O) groups is 1. The van der Waals surface area contributed by atoms with Crippen LogP contribution in [0.2, 0.25) is 5.02 Å². The standard InChI is InChI=1S/C21H24ClNO6/c1-26-9-11-28-19-7-3-15(13-20(19)29-12-10-27-2)4-8-21(25)23-17-14-16(22)5-6-18(17)24/h3-8,13-14,24H,9-12H2,1-2H3,(H,23,25). The van der Waals surface area contributed by atoms with Crippen molar-refractivity contribution in [1.29, 1.82) is 0 Å². The summed E-state index contributed by atoms with van der Waals surface area (Å²) in [4.78, 5) is 12.1. The molecular formula is C21H24ClNO6. The molecule has 0 spiro atoms. The van der Waals surface area contributed by atoms with E-state index in [-0.39, 0.29) is 11.4 Å². The maximum absolute atomic E-state index is 12.1. The first-order chi connectivity index (χ1) is 14.0. The van der Waals surface area contributed by atoms with E-state index in [1.165, 1.54) is 24.3 Å². The zero-order valence-electron chi connectivity index (χ0n) is 16.3. The maximum Gasteiger partial charge on any atom is 0.248 e. The molecular weight excluding hydrogens is 398 g/mol. The molecule has 2 rings (SSSR count). The number of nitrogens with one attached hydrogen (secondary N) is 1. The van der Waals surface area contributed by atoms with Crippen LogP contribution in [-0.2, 0) is 14.3 Å². The molecule has 0 aromatic heterocycles. The predicted octanol–water partition coefficient (Wildman–Crippen LogP) is 3.75. The van der Waals surface area contributed by atoms with E-state index < -0.39 is 5.91 Å². The second kappa shape index (κ2) is 12.0. The number of carbonyl (C=O) groups excluding carboxylic acids is 1. The van der Waals surface area contributed by atoms with Gasteiger partial charge in [-0.1, -0.05) is 17.7 Å². The molecule has 1 amide bonds. The molecule has 2 aromatic carbocycles. The number of hydrogen-bond acceptors (Lipinski definition) is 6. The van der Waals surface area contributed by atoms with E-state index in [1.807, 2.05) is 0 Å². The van der Waals surface area contributed by atoms with E-state index in [4.69, 9.17) is 30.5 Å². The van der Waals surface area contributed by atoms with Gasteiger partial charge in [-0.25, -0.2) is 0 Å². The van der Waals surface area contributed by atoms with E-state index in [0.717, 1.165) is 5.56 Å². The van der Waals surface area contributed by atoms with Crippen molar-refractivity contribution in [2.45, 2.75) is 0 Å². The Morgan fingerprint density at radius 2 is 1.69 bits per heavy atom. The third-order valence-corrected chi connectivity index (χ3v) is 3.94. The van der Waals surface area contributed by atoms with Crippen LogP contribution < -0.4 is 14.8 Å². The maximum atomic E-state index is 12.1. The van der Waals surface area contributed by atoms with Gasteiger partial charge < -0.3 is 29.4 Å². The van der Waals surface area contributed by atoms with Gasteiger partial charge in [-0.15, -0.1) is 0 Å². The molecule has 2 aromatic rings. The van der Waals surface area contributed by atoms with Crippen molar-refractivity contribution in [1.82, 2.24) is 0 Å². The Bertz CT molecular complexity index is 840. The highest BCUT2D eigenvalue weighted by Crippen LogP contribution is 2.29. The molecule has 0 bridgehead atoms. The van der Waals surface area contributed by atoms with Gasteiger partial charge in [0.2, 0.25) is 5.91 Å². The van der Waals surface area contributed by atoms with Gasteiger partial charge in [0.05, 0.1) is 18.9 Å². The lowest BCUT2D eigenvalue weighted by Crippen LogP contribution is -2.09. The highest BCUT2D eigenvalue weighted by Gasteiger charge is 2.08. The third kappa shape index (κ3) is 7.65. The van der Waals surface area contributed by atoms with Crippen LogP contribution in [0.15, 0.2) is 42.5 Å². The van der Waals surface area contributed by atoms with Gasteiger partial charge in [0, 0.05) is 25.3 Å². The first kappa shape index (κ1) is 22.5. The Balaban J connectivity index is 2.08. The minimum Gasteiger partial charge on any atom is -0.506 e. The summed E-state index contributed by atoms with van der Waals surface area (Å²) in [5.74, 6) is 0.629.